The van der Waals surface area contributed by atoms with Gasteiger partial charge in [0.25, 0.3) is 0 Å². The third kappa shape index (κ3) is 2.10. The molecule has 82 valence electrons. The van der Waals surface area contributed by atoms with Gasteiger partial charge in [0.15, 0.2) is 0 Å². The van der Waals surface area contributed by atoms with Crippen molar-refractivity contribution in [2.75, 3.05) is 13.1 Å². The predicted molar refractivity (Wildman–Crippen MR) is 59.1 cm³/mol. The fourth-order valence-electron chi connectivity index (χ4n) is 2.60. The Kier molecular flexibility index (Phi) is 3.57. The summed E-state index contributed by atoms with van der Waals surface area (Å²) in [6, 6.07) is 0. The lowest BCUT2D eigenvalue weighted by molar-refractivity contribution is -0.133. The molecule has 14 heavy (non-hydrogen) atoms. The van der Waals surface area contributed by atoms with Gasteiger partial charge in [0.1, 0.15) is 0 Å². The number of rotatable bonds is 2. The van der Waals surface area contributed by atoms with Crippen LogP contribution in [0.15, 0.2) is 0 Å². The SMILES string of the molecule is CCC1(C(C)C)CCCN(C(C)=O)C1. The van der Waals surface area contributed by atoms with Crippen molar-refractivity contribution in [1.29, 1.82) is 0 Å². The molecule has 0 bridgehead atoms. The summed E-state index contributed by atoms with van der Waals surface area (Å²) in [6.07, 6.45) is 3.64. The number of carbonyl (C=O) groups excluding carboxylic acids is 1. The van der Waals surface area contributed by atoms with E-state index >= 15 is 0 Å². The molecule has 0 radical (unpaired) electrons. The van der Waals surface area contributed by atoms with E-state index in [1.165, 1.54) is 19.3 Å². The molecule has 1 rings (SSSR count). The van der Waals surface area contributed by atoms with Crippen LogP contribution < -0.4 is 0 Å². The summed E-state index contributed by atoms with van der Waals surface area (Å²) in [6.45, 7) is 10.4. The maximum atomic E-state index is 11.4. The highest BCUT2D eigenvalue weighted by Gasteiger charge is 2.37. The fourth-order valence-corrected chi connectivity index (χ4v) is 2.60. The molecule has 0 aliphatic carbocycles. The molecule has 1 aliphatic heterocycles. The van der Waals surface area contributed by atoms with E-state index < -0.39 is 0 Å². The Bertz CT molecular complexity index is 212. The molecule has 2 heteroatoms. The van der Waals surface area contributed by atoms with E-state index in [0.29, 0.717) is 11.3 Å². The molecule has 0 saturated carbocycles. The van der Waals surface area contributed by atoms with E-state index in [-0.39, 0.29) is 5.91 Å². The lowest BCUT2D eigenvalue weighted by Gasteiger charge is -2.45. The number of hydrogen-bond acceptors (Lipinski definition) is 1. The minimum Gasteiger partial charge on any atom is -0.342 e. The van der Waals surface area contributed by atoms with Crippen LogP contribution in [0.1, 0.15) is 47.0 Å². The molecule has 1 fully saturated rings. The minimum atomic E-state index is 0.239. The van der Waals surface area contributed by atoms with E-state index in [0.717, 1.165) is 13.1 Å². The number of hydrogen-bond donors (Lipinski definition) is 0. The Labute approximate surface area is 87.7 Å². The van der Waals surface area contributed by atoms with Gasteiger partial charge in [-0.15, -0.1) is 0 Å². The second-order valence-corrected chi connectivity index (χ2v) is 4.91. The van der Waals surface area contributed by atoms with Gasteiger partial charge in [-0.3, -0.25) is 4.79 Å². The fraction of sp³-hybridized carbons (Fsp3) is 0.917. The Morgan fingerprint density at radius 3 is 2.57 bits per heavy atom. The van der Waals surface area contributed by atoms with Crippen molar-refractivity contribution in [3.05, 3.63) is 0 Å². The van der Waals surface area contributed by atoms with Crippen LogP contribution in [0.25, 0.3) is 0 Å². The Morgan fingerprint density at radius 1 is 1.50 bits per heavy atom. The average Bonchev–Trinajstić information content (AvgIpc) is 2.17. The maximum absolute atomic E-state index is 11.4. The van der Waals surface area contributed by atoms with E-state index in [4.69, 9.17) is 0 Å². The maximum Gasteiger partial charge on any atom is 0.219 e. The monoisotopic (exact) mass is 197 g/mol. The van der Waals surface area contributed by atoms with E-state index in [9.17, 15) is 4.79 Å². The van der Waals surface area contributed by atoms with Crippen molar-refractivity contribution < 1.29 is 4.79 Å². The molecule has 1 amide bonds. The first kappa shape index (κ1) is 11.5. The largest absolute Gasteiger partial charge is 0.342 e. The van der Waals surface area contributed by atoms with Crippen LogP contribution in [0.4, 0.5) is 0 Å². The summed E-state index contributed by atoms with van der Waals surface area (Å²) in [5.41, 5.74) is 0.379. The molecule has 0 N–H and O–H groups in total. The average molecular weight is 197 g/mol. The normalized spacial score (nSPS) is 28.2. The Morgan fingerprint density at radius 2 is 2.14 bits per heavy atom. The van der Waals surface area contributed by atoms with E-state index in [2.05, 4.69) is 20.8 Å². The van der Waals surface area contributed by atoms with Crippen molar-refractivity contribution in [2.45, 2.75) is 47.0 Å². The van der Waals surface area contributed by atoms with Crippen molar-refractivity contribution in [3.63, 3.8) is 0 Å². The number of nitrogens with zero attached hydrogens (tertiary/aromatic N) is 1. The van der Waals surface area contributed by atoms with Crippen LogP contribution in [0.2, 0.25) is 0 Å². The minimum absolute atomic E-state index is 0.239. The van der Waals surface area contributed by atoms with E-state index in [1.807, 2.05) is 4.90 Å². The van der Waals surface area contributed by atoms with Gasteiger partial charge in [-0.05, 0) is 30.6 Å². The first-order valence-corrected chi connectivity index (χ1v) is 5.77. The molecule has 1 atom stereocenters. The Balaban J connectivity index is 2.74. The van der Waals surface area contributed by atoms with Gasteiger partial charge in [-0.2, -0.15) is 0 Å². The van der Waals surface area contributed by atoms with Crippen molar-refractivity contribution in [3.8, 4) is 0 Å². The molecule has 0 aromatic carbocycles. The topological polar surface area (TPSA) is 20.3 Å². The number of amides is 1. The molecular formula is C12H23NO. The number of likely N-dealkylation sites (tertiary alicyclic amines) is 1. The van der Waals surface area contributed by atoms with Crippen LogP contribution in [-0.2, 0) is 4.79 Å². The van der Waals surface area contributed by atoms with Crippen LogP contribution in [0.5, 0.6) is 0 Å². The highest BCUT2D eigenvalue weighted by molar-refractivity contribution is 5.73. The van der Waals surface area contributed by atoms with Crippen LogP contribution in [0.3, 0.4) is 0 Å². The molecule has 1 saturated heterocycles. The van der Waals surface area contributed by atoms with Crippen molar-refractivity contribution in [2.24, 2.45) is 11.3 Å². The smallest absolute Gasteiger partial charge is 0.219 e. The molecule has 1 heterocycles. The molecule has 0 aromatic heterocycles. The van der Waals surface area contributed by atoms with Crippen LogP contribution in [0, 0.1) is 11.3 Å². The van der Waals surface area contributed by atoms with Gasteiger partial charge in [-0.25, -0.2) is 0 Å². The van der Waals surface area contributed by atoms with E-state index in [1.54, 1.807) is 6.92 Å². The summed E-state index contributed by atoms with van der Waals surface area (Å²) in [5.74, 6) is 0.915. The number of carbonyl (C=O) groups is 1. The third-order valence-electron chi connectivity index (χ3n) is 3.98. The molecular weight excluding hydrogens is 174 g/mol. The quantitative estimate of drug-likeness (QED) is 0.666. The first-order valence-electron chi connectivity index (χ1n) is 5.77. The predicted octanol–water partition coefficient (Wildman–Crippen LogP) is 2.68. The standard InChI is InChI=1S/C12H23NO/c1-5-12(10(2)3)7-6-8-13(9-12)11(4)14/h10H,5-9H2,1-4H3. The van der Waals surface area contributed by atoms with Gasteiger partial charge in [0.05, 0.1) is 0 Å². The lowest BCUT2D eigenvalue weighted by Crippen LogP contribution is -2.47. The Hall–Kier alpha value is -0.530. The summed E-state index contributed by atoms with van der Waals surface area (Å²) >= 11 is 0. The zero-order valence-electron chi connectivity index (χ0n) is 9.97. The van der Waals surface area contributed by atoms with Crippen LogP contribution >= 0.6 is 0 Å². The van der Waals surface area contributed by atoms with Gasteiger partial charge in [0.2, 0.25) is 5.91 Å². The van der Waals surface area contributed by atoms with Crippen LogP contribution in [-0.4, -0.2) is 23.9 Å². The third-order valence-corrected chi connectivity index (χ3v) is 3.98. The second kappa shape index (κ2) is 4.33. The zero-order chi connectivity index (χ0) is 10.8. The molecule has 1 aliphatic rings. The second-order valence-electron chi connectivity index (χ2n) is 4.91. The zero-order valence-corrected chi connectivity index (χ0v) is 9.97. The van der Waals surface area contributed by atoms with Gasteiger partial charge in [-0.1, -0.05) is 20.8 Å². The summed E-state index contributed by atoms with van der Waals surface area (Å²) in [4.78, 5) is 13.4. The van der Waals surface area contributed by atoms with Gasteiger partial charge < -0.3 is 4.90 Å². The highest BCUT2D eigenvalue weighted by atomic mass is 16.2. The lowest BCUT2D eigenvalue weighted by atomic mass is 9.69. The van der Waals surface area contributed by atoms with Crippen molar-refractivity contribution in [1.82, 2.24) is 4.90 Å². The van der Waals surface area contributed by atoms with Gasteiger partial charge >= 0.3 is 0 Å². The molecule has 2 nitrogen and oxygen atoms in total. The summed E-state index contributed by atoms with van der Waals surface area (Å²) in [7, 11) is 0. The molecule has 1 unspecified atom stereocenters. The highest BCUT2D eigenvalue weighted by Crippen LogP contribution is 2.40. The summed E-state index contributed by atoms with van der Waals surface area (Å²) in [5, 5.41) is 0. The number of piperidine rings is 1. The summed E-state index contributed by atoms with van der Waals surface area (Å²) < 4.78 is 0. The van der Waals surface area contributed by atoms with Crippen molar-refractivity contribution >= 4 is 5.91 Å². The van der Waals surface area contributed by atoms with Gasteiger partial charge in [0, 0.05) is 20.0 Å². The first-order chi connectivity index (χ1) is 6.52. The molecule has 0 spiro atoms. The molecule has 0 aromatic rings.